The molecule has 0 spiro atoms. The Labute approximate surface area is 267 Å². The first-order valence-corrected chi connectivity index (χ1v) is 16.6. The number of rotatable bonds is 10. The molecule has 0 radical (unpaired) electrons. The van der Waals surface area contributed by atoms with Gasteiger partial charge in [-0.05, 0) is 95.3 Å². The molecule has 1 saturated heterocycles. The standard InChI is InChI=1S/C40H58O4/c1-28(17-13-18-30(3)21-22-40-37(7,8)25-33(42)27-39(40,10)44-40)15-11-12-16-29(2)19-14-20-31(4)34-23-35-36(5,6)24-32(41)26-38(35,9)43-34/h11-20,23,32-34,41-42H,21-22,24-27H2,1-10H3/b12-11+,17-13+,19-14+,28-15+,29-16+,30-18?,31-20+. The Hall–Kier alpha value is -2.24. The summed E-state index contributed by atoms with van der Waals surface area (Å²) in [4.78, 5) is 0. The minimum atomic E-state index is -0.382. The van der Waals surface area contributed by atoms with Crippen molar-refractivity contribution in [2.45, 2.75) is 143 Å². The number of hydrogen-bond acceptors (Lipinski definition) is 4. The van der Waals surface area contributed by atoms with E-state index >= 15 is 0 Å². The first-order valence-electron chi connectivity index (χ1n) is 16.6. The van der Waals surface area contributed by atoms with E-state index in [2.05, 4.69) is 136 Å². The molecule has 0 aromatic rings. The van der Waals surface area contributed by atoms with Crippen LogP contribution in [0.2, 0.25) is 0 Å². The summed E-state index contributed by atoms with van der Waals surface area (Å²) in [6.45, 7) is 21.7. The van der Waals surface area contributed by atoms with Crippen LogP contribution in [0.25, 0.3) is 0 Å². The van der Waals surface area contributed by atoms with Gasteiger partial charge in [0.15, 0.2) is 0 Å². The molecule has 0 bridgehead atoms. The summed E-state index contributed by atoms with van der Waals surface area (Å²) < 4.78 is 12.8. The number of hydrogen-bond donors (Lipinski definition) is 2. The maximum atomic E-state index is 10.4. The van der Waals surface area contributed by atoms with Gasteiger partial charge in [-0.15, -0.1) is 0 Å². The molecular formula is C40H58O4. The lowest BCUT2D eigenvalue weighted by Gasteiger charge is -2.44. The van der Waals surface area contributed by atoms with E-state index in [0.29, 0.717) is 6.42 Å². The van der Waals surface area contributed by atoms with Gasteiger partial charge in [-0.3, -0.25) is 0 Å². The molecule has 44 heavy (non-hydrogen) atoms. The van der Waals surface area contributed by atoms with Crippen molar-refractivity contribution < 1.29 is 19.7 Å². The highest BCUT2D eigenvalue weighted by Crippen LogP contribution is 2.67. The van der Waals surface area contributed by atoms with Gasteiger partial charge in [-0.2, -0.15) is 0 Å². The maximum absolute atomic E-state index is 10.4. The van der Waals surface area contributed by atoms with Crippen LogP contribution in [-0.2, 0) is 9.47 Å². The quantitative estimate of drug-likeness (QED) is 0.149. The van der Waals surface area contributed by atoms with Crippen molar-refractivity contribution in [1.82, 2.24) is 0 Å². The topological polar surface area (TPSA) is 62.2 Å². The van der Waals surface area contributed by atoms with Crippen LogP contribution in [0.1, 0.15) is 108 Å². The first-order chi connectivity index (χ1) is 20.4. The molecular weight excluding hydrogens is 544 g/mol. The predicted molar refractivity (Wildman–Crippen MR) is 183 cm³/mol. The van der Waals surface area contributed by atoms with Crippen LogP contribution >= 0.6 is 0 Å². The van der Waals surface area contributed by atoms with Crippen molar-refractivity contribution in [3.8, 4) is 0 Å². The summed E-state index contributed by atoms with van der Waals surface area (Å²) in [6.07, 6.45) is 27.9. The number of aliphatic hydroxyl groups excluding tert-OH is 2. The second-order valence-electron chi connectivity index (χ2n) is 15.7. The average molecular weight is 603 g/mol. The summed E-state index contributed by atoms with van der Waals surface area (Å²) in [5.41, 5.74) is 5.47. The Morgan fingerprint density at radius 1 is 0.773 bits per heavy atom. The van der Waals surface area contributed by atoms with Crippen LogP contribution in [0.5, 0.6) is 0 Å². The average Bonchev–Trinajstić information content (AvgIpc) is 3.34. The van der Waals surface area contributed by atoms with Gasteiger partial charge < -0.3 is 19.7 Å². The van der Waals surface area contributed by atoms with Crippen molar-refractivity contribution in [1.29, 1.82) is 0 Å². The highest BCUT2D eigenvalue weighted by Gasteiger charge is 2.75. The summed E-state index contributed by atoms with van der Waals surface area (Å²) in [5, 5.41) is 20.7. The SMILES string of the molecule is CC(=C/C=C/C(C)=C/C=C/C=C(C)/C=C/C=C(\C)C1C=C2C(C)(C)CC(O)CC2(C)O1)CCC12OC1(C)CC(O)CC2(C)C. The summed E-state index contributed by atoms with van der Waals surface area (Å²) in [5.74, 6) is 0. The fourth-order valence-electron chi connectivity index (χ4n) is 8.39. The first kappa shape index (κ1) is 34.6. The van der Waals surface area contributed by atoms with Crippen LogP contribution in [0.15, 0.2) is 94.7 Å². The van der Waals surface area contributed by atoms with Gasteiger partial charge in [0.05, 0.1) is 29.5 Å². The Kier molecular flexibility index (Phi) is 10.1. The molecule has 2 heterocycles. The largest absolute Gasteiger partial charge is 0.393 e. The third-order valence-electron chi connectivity index (χ3n) is 10.7. The Bertz CT molecular complexity index is 1330. The van der Waals surface area contributed by atoms with Crippen LogP contribution in [0.3, 0.4) is 0 Å². The van der Waals surface area contributed by atoms with Crippen molar-refractivity contribution in [2.75, 3.05) is 0 Å². The molecule has 0 amide bonds. The second kappa shape index (κ2) is 12.9. The molecule has 2 N–H and O–H groups in total. The molecule has 6 atom stereocenters. The zero-order chi connectivity index (χ0) is 32.6. The molecule has 0 aromatic carbocycles. The number of aliphatic hydroxyl groups is 2. The lowest BCUT2D eigenvalue weighted by Crippen LogP contribution is -2.47. The van der Waals surface area contributed by atoms with Crippen LogP contribution in [-0.4, -0.2) is 45.3 Å². The molecule has 6 unspecified atom stereocenters. The molecule has 0 aromatic heterocycles. The van der Waals surface area contributed by atoms with Gasteiger partial charge in [-0.25, -0.2) is 0 Å². The van der Waals surface area contributed by atoms with E-state index < -0.39 is 0 Å². The number of epoxide rings is 1. The van der Waals surface area contributed by atoms with E-state index in [1.807, 2.05) is 0 Å². The Morgan fingerprint density at radius 2 is 1.36 bits per heavy atom. The van der Waals surface area contributed by atoms with Gasteiger partial charge >= 0.3 is 0 Å². The fraction of sp³-hybridized carbons (Fsp3) is 0.600. The van der Waals surface area contributed by atoms with Gasteiger partial charge in [0.2, 0.25) is 0 Å². The highest BCUT2D eigenvalue weighted by atomic mass is 16.6. The van der Waals surface area contributed by atoms with E-state index in [-0.39, 0.29) is 45.9 Å². The van der Waals surface area contributed by atoms with Gasteiger partial charge in [-0.1, -0.05) is 105 Å². The van der Waals surface area contributed by atoms with Gasteiger partial charge in [0.25, 0.3) is 0 Å². The van der Waals surface area contributed by atoms with E-state index in [9.17, 15) is 10.2 Å². The van der Waals surface area contributed by atoms with Crippen molar-refractivity contribution in [3.63, 3.8) is 0 Å². The third-order valence-corrected chi connectivity index (χ3v) is 10.7. The van der Waals surface area contributed by atoms with Gasteiger partial charge in [0.1, 0.15) is 5.60 Å². The molecule has 242 valence electrons. The maximum Gasteiger partial charge on any atom is 0.103 e. The minimum absolute atomic E-state index is 0.0110. The lowest BCUT2D eigenvalue weighted by molar-refractivity contribution is -0.0683. The second-order valence-corrected chi connectivity index (χ2v) is 15.7. The molecule has 3 fully saturated rings. The molecule has 2 aliphatic heterocycles. The van der Waals surface area contributed by atoms with E-state index in [1.165, 1.54) is 27.9 Å². The smallest absolute Gasteiger partial charge is 0.103 e. The number of fused-ring (bicyclic) bond motifs is 2. The number of allylic oxidation sites excluding steroid dienone is 13. The van der Waals surface area contributed by atoms with Crippen molar-refractivity contribution in [3.05, 3.63) is 94.7 Å². The molecule has 4 heteroatoms. The zero-order valence-electron chi connectivity index (χ0n) is 29.0. The van der Waals surface area contributed by atoms with Crippen LogP contribution < -0.4 is 0 Å². The number of ether oxygens (including phenoxy) is 2. The minimum Gasteiger partial charge on any atom is -0.393 e. The monoisotopic (exact) mass is 602 g/mol. The predicted octanol–water partition coefficient (Wildman–Crippen LogP) is 9.19. The zero-order valence-corrected chi connectivity index (χ0v) is 29.0. The van der Waals surface area contributed by atoms with Crippen molar-refractivity contribution in [2.24, 2.45) is 10.8 Å². The molecule has 2 aliphatic carbocycles. The molecule has 2 saturated carbocycles. The lowest BCUT2D eigenvalue weighted by atomic mass is 9.61. The van der Waals surface area contributed by atoms with Crippen molar-refractivity contribution >= 4 is 0 Å². The van der Waals surface area contributed by atoms with E-state index in [4.69, 9.17) is 9.47 Å². The Balaban J connectivity index is 1.24. The fourth-order valence-corrected chi connectivity index (χ4v) is 8.39. The Morgan fingerprint density at radius 3 is 1.98 bits per heavy atom. The van der Waals surface area contributed by atoms with E-state index in [1.54, 1.807) is 0 Å². The normalized spacial score (nSPS) is 37.5. The third kappa shape index (κ3) is 7.41. The highest BCUT2D eigenvalue weighted by molar-refractivity contribution is 5.37. The van der Waals surface area contributed by atoms with E-state index in [0.717, 1.165) is 32.1 Å². The molecule has 4 nitrogen and oxygen atoms in total. The van der Waals surface area contributed by atoms with Crippen LogP contribution in [0.4, 0.5) is 0 Å². The molecule has 4 rings (SSSR count). The van der Waals surface area contributed by atoms with Gasteiger partial charge in [0, 0.05) is 12.8 Å². The summed E-state index contributed by atoms with van der Waals surface area (Å²) in [7, 11) is 0. The summed E-state index contributed by atoms with van der Waals surface area (Å²) in [6, 6.07) is 0. The van der Waals surface area contributed by atoms with Crippen LogP contribution in [0, 0.1) is 10.8 Å². The summed E-state index contributed by atoms with van der Waals surface area (Å²) >= 11 is 0. The molecule has 4 aliphatic rings.